The van der Waals surface area contributed by atoms with Gasteiger partial charge in [0.25, 0.3) is 11.4 Å². The van der Waals surface area contributed by atoms with Crippen LogP contribution in [0.15, 0.2) is 97.1 Å². The van der Waals surface area contributed by atoms with Crippen molar-refractivity contribution in [2.45, 2.75) is 19.3 Å². The number of carbonyl (C=O) groups excluding carboxylic acids is 2. The first-order chi connectivity index (χ1) is 18.8. The number of carbonyl (C=O) groups is 2. The second-order valence-corrected chi connectivity index (χ2v) is 8.80. The van der Waals surface area contributed by atoms with Crippen molar-refractivity contribution in [1.29, 1.82) is 0 Å². The van der Waals surface area contributed by atoms with Gasteiger partial charge < -0.3 is 10.6 Å². The molecule has 2 N–H and O–H groups in total. The topological polar surface area (TPSA) is 144 Å². The summed E-state index contributed by atoms with van der Waals surface area (Å²) in [6.07, 6.45) is 0.122. The largest absolute Gasteiger partial charge is 0.326 e. The first-order valence-corrected chi connectivity index (χ1v) is 12.0. The Hall–Kier alpha value is -5.38. The number of nitro groups is 2. The molecule has 0 saturated heterocycles. The lowest BCUT2D eigenvalue weighted by Gasteiger charge is -2.10. The molecule has 0 saturated carbocycles. The molecule has 0 unspecified atom stereocenters. The lowest BCUT2D eigenvalue weighted by atomic mass is 10.0. The average Bonchev–Trinajstić information content (AvgIpc) is 2.91. The second kappa shape index (κ2) is 12.2. The standard InChI is InChI=1S/C29H24N4O6/c34-28(15-20-7-3-1-4-8-20)30-24-13-11-22(26(18-24)32(36)37)17-23-12-14-25(19-27(23)33(38)39)31-29(35)16-21-9-5-2-6-10-21/h1-14,18-19H,15-17H2,(H,30,34)(H,31,35). The quantitative estimate of drug-likeness (QED) is 0.208. The van der Waals surface area contributed by atoms with E-state index in [1.54, 1.807) is 24.3 Å². The first kappa shape index (κ1) is 26.7. The van der Waals surface area contributed by atoms with Crippen molar-refractivity contribution in [2.75, 3.05) is 10.6 Å². The zero-order chi connectivity index (χ0) is 27.8. The van der Waals surface area contributed by atoms with Gasteiger partial charge >= 0.3 is 0 Å². The number of rotatable bonds is 10. The van der Waals surface area contributed by atoms with Gasteiger partial charge in [0.1, 0.15) is 0 Å². The Balaban J connectivity index is 1.50. The summed E-state index contributed by atoms with van der Waals surface area (Å²) in [6.45, 7) is 0. The third kappa shape index (κ3) is 7.32. The minimum Gasteiger partial charge on any atom is -0.326 e. The second-order valence-electron chi connectivity index (χ2n) is 8.80. The average molecular weight is 525 g/mol. The fraction of sp³-hybridized carbons (Fsp3) is 0.103. The van der Waals surface area contributed by atoms with Gasteiger partial charge in [-0.05, 0) is 35.4 Å². The van der Waals surface area contributed by atoms with E-state index in [-0.39, 0.29) is 65.0 Å². The van der Waals surface area contributed by atoms with Crippen LogP contribution in [0.4, 0.5) is 22.7 Å². The summed E-state index contributed by atoms with van der Waals surface area (Å²) in [5, 5.41) is 28.9. The van der Waals surface area contributed by atoms with E-state index < -0.39 is 9.85 Å². The van der Waals surface area contributed by atoms with E-state index in [0.717, 1.165) is 11.1 Å². The summed E-state index contributed by atoms with van der Waals surface area (Å²) in [7, 11) is 0. The summed E-state index contributed by atoms with van der Waals surface area (Å²) in [6, 6.07) is 26.6. The molecule has 39 heavy (non-hydrogen) atoms. The molecule has 196 valence electrons. The molecule has 0 aliphatic carbocycles. The highest BCUT2D eigenvalue weighted by Gasteiger charge is 2.21. The maximum absolute atomic E-state index is 12.4. The molecule has 0 aliphatic rings. The van der Waals surface area contributed by atoms with Gasteiger partial charge in [0.2, 0.25) is 11.8 Å². The summed E-state index contributed by atoms with van der Waals surface area (Å²) in [5.74, 6) is -0.660. The van der Waals surface area contributed by atoms with Crippen LogP contribution in [0.25, 0.3) is 0 Å². The molecule has 10 nitrogen and oxygen atoms in total. The van der Waals surface area contributed by atoms with Crippen LogP contribution in [0.3, 0.4) is 0 Å². The lowest BCUT2D eigenvalue weighted by Crippen LogP contribution is -2.15. The highest BCUT2D eigenvalue weighted by Crippen LogP contribution is 2.30. The predicted octanol–water partition coefficient (Wildman–Crippen LogP) is 5.46. The number of hydrogen-bond acceptors (Lipinski definition) is 6. The molecule has 4 aromatic carbocycles. The minimum absolute atomic E-state index is 0.0941. The fourth-order valence-electron chi connectivity index (χ4n) is 4.10. The van der Waals surface area contributed by atoms with Crippen LogP contribution in [0.1, 0.15) is 22.3 Å². The third-order valence-corrected chi connectivity index (χ3v) is 5.93. The minimum atomic E-state index is -0.591. The molecule has 4 rings (SSSR count). The summed E-state index contributed by atoms with van der Waals surface area (Å²) in [4.78, 5) is 47.2. The van der Waals surface area contributed by atoms with E-state index in [9.17, 15) is 29.8 Å². The molecular weight excluding hydrogens is 500 g/mol. The molecule has 10 heteroatoms. The highest BCUT2D eigenvalue weighted by atomic mass is 16.6. The van der Waals surface area contributed by atoms with Crippen LogP contribution in [0.2, 0.25) is 0 Å². The van der Waals surface area contributed by atoms with Gasteiger partial charge in [0.05, 0.1) is 22.7 Å². The Kier molecular flexibility index (Phi) is 8.37. The van der Waals surface area contributed by atoms with Crippen molar-refractivity contribution in [1.82, 2.24) is 0 Å². The van der Waals surface area contributed by atoms with E-state index in [1.807, 2.05) is 36.4 Å². The van der Waals surface area contributed by atoms with Gasteiger partial charge in [-0.2, -0.15) is 0 Å². The number of nitro benzene ring substituents is 2. The van der Waals surface area contributed by atoms with Gasteiger partial charge in [-0.1, -0.05) is 60.7 Å². The first-order valence-electron chi connectivity index (χ1n) is 12.0. The van der Waals surface area contributed by atoms with Crippen LogP contribution in [-0.2, 0) is 28.9 Å². The molecule has 0 aromatic heterocycles. The van der Waals surface area contributed by atoms with Gasteiger partial charge in [-0.15, -0.1) is 0 Å². The normalized spacial score (nSPS) is 10.5. The maximum atomic E-state index is 12.4. The van der Waals surface area contributed by atoms with Gasteiger partial charge in [0.15, 0.2) is 0 Å². The van der Waals surface area contributed by atoms with Crippen molar-refractivity contribution in [3.05, 3.63) is 140 Å². The summed E-state index contributed by atoms with van der Waals surface area (Å²) in [5.41, 5.74) is 2.02. The number of amides is 2. The van der Waals surface area contributed by atoms with Crippen molar-refractivity contribution in [3.63, 3.8) is 0 Å². The summed E-state index contributed by atoms with van der Waals surface area (Å²) < 4.78 is 0. The van der Waals surface area contributed by atoms with Gasteiger partial charge in [-0.25, -0.2) is 0 Å². The molecule has 0 bridgehead atoms. The molecule has 2 amide bonds. The van der Waals surface area contributed by atoms with Gasteiger partial charge in [0, 0.05) is 41.1 Å². The smallest absolute Gasteiger partial charge is 0.275 e. The van der Waals surface area contributed by atoms with Crippen LogP contribution in [-0.4, -0.2) is 21.7 Å². The highest BCUT2D eigenvalue weighted by molar-refractivity contribution is 5.93. The zero-order valence-electron chi connectivity index (χ0n) is 20.7. The predicted molar refractivity (Wildman–Crippen MR) is 147 cm³/mol. The molecule has 4 aromatic rings. The van der Waals surface area contributed by atoms with Crippen LogP contribution in [0.5, 0.6) is 0 Å². The van der Waals surface area contributed by atoms with Crippen molar-refractivity contribution < 1.29 is 19.4 Å². The number of hydrogen-bond donors (Lipinski definition) is 2. The van der Waals surface area contributed by atoms with E-state index in [0.29, 0.717) is 0 Å². The number of benzene rings is 4. The van der Waals surface area contributed by atoms with Crippen molar-refractivity contribution >= 4 is 34.6 Å². The summed E-state index contributed by atoms with van der Waals surface area (Å²) >= 11 is 0. The van der Waals surface area contributed by atoms with E-state index in [1.165, 1.54) is 36.4 Å². The SMILES string of the molecule is O=C(Cc1ccccc1)Nc1ccc(Cc2ccc(NC(=O)Cc3ccccc3)cc2[N+](=O)[O-])c([N+](=O)[O-])c1. The third-order valence-electron chi connectivity index (χ3n) is 5.93. The van der Waals surface area contributed by atoms with Crippen molar-refractivity contribution in [2.24, 2.45) is 0 Å². The Labute approximate surface area is 223 Å². The van der Waals surface area contributed by atoms with Crippen molar-refractivity contribution in [3.8, 4) is 0 Å². The lowest BCUT2D eigenvalue weighted by molar-refractivity contribution is -0.386. The molecule has 0 aliphatic heterocycles. The number of nitrogens with zero attached hydrogens (tertiary/aromatic N) is 2. The molecule has 0 heterocycles. The van der Waals surface area contributed by atoms with E-state index in [2.05, 4.69) is 10.6 Å². The number of nitrogens with one attached hydrogen (secondary N) is 2. The molecule has 0 fully saturated rings. The van der Waals surface area contributed by atoms with E-state index in [4.69, 9.17) is 0 Å². The zero-order valence-corrected chi connectivity index (χ0v) is 20.7. The molecule has 0 spiro atoms. The fourth-order valence-corrected chi connectivity index (χ4v) is 4.10. The Bertz CT molecular complexity index is 1410. The molecule has 0 atom stereocenters. The van der Waals surface area contributed by atoms with Crippen LogP contribution >= 0.6 is 0 Å². The Morgan fingerprint density at radius 2 is 0.974 bits per heavy atom. The van der Waals surface area contributed by atoms with Crippen LogP contribution in [0, 0.1) is 20.2 Å². The number of anilines is 2. The van der Waals surface area contributed by atoms with Gasteiger partial charge in [-0.3, -0.25) is 29.8 Å². The van der Waals surface area contributed by atoms with Crippen LogP contribution < -0.4 is 10.6 Å². The Morgan fingerprint density at radius 3 is 1.33 bits per heavy atom. The molecule has 0 radical (unpaired) electrons. The molecular formula is C29H24N4O6. The van der Waals surface area contributed by atoms with E-state index >= 15 is 0 Å². The Morgan fingerprint density at radius 1 is 0.590 bits per heavy atom. The monoisotopic (exact) mass is 524 g/mol. The maximum Gasteiger partial charge on any atom is 0.275 e.